The Morgan fingerprint density at radius 2 is 1.33 bits per heavy atom. The maximum absolute atomic E-state index is 13.1. The number of hydrogen-bond donors (Lipinski definition) is 7. The van der Waals surface area contributed by atoms with Gasteiger partial charge in [-0.2, -0.15) is 23.5 Å². The Hall–Kier alpha value is -2.19. The first-order chi connectivity index (χ1) is 16.9. The number of rotatable bonds is 19. The zero-order valence-electron chi connectivity index (χ0n) is 21.6. The van der Waals surface area contributed by atoms with Crippen LogP contribution in [0.4, 0.5) is 0 Å². The maximum atomic E-state index is 13.1. The number of thioether (sulfide) groups is 2. The van der Waals surface area contributed by atoms with Crippen LogP contribution in [0.2, 0.25) is 0 Å². The molecule has 0 aliphatic heterocycles. The Balaban J connectivity index is 5.34. The molecule has 0 radical (unpaired) electrons. The van der Waals surface area contributed by atoms with Crippen molar-refractivity contribution in [3.8, 4) is 0 Å². The van der Waals surface area contributed by atoms with Crippen molar-refractivity contribution in [2.24, 2.45) is 28.1 Å². The molecule has 12 nitrogen and oxygen atoms in total. The van der Waals surface area contributed by atoms with Gasteiger partial charge in [0.25, 0.3) is 0 Å². The molecule has 4 unspecified atom stereocenters. The molecule has 10 N–H and O–H groups in total. The molecule has 0 aromatic carbocycles. The fraction of sp³-hybridized carbons (Fsp3) is 0.773. The van der Waals surface area contributed by atoms with Crippen molar-refractivity contribution in [1.82, 2.24) is 16.0 Å². The van der Waals surface area contributed by atoms with E-state index in [9.17, 15) is 24.3 Å². The lowest BCUT2D eigenvalue weighted by molar-refractivity contribution is -0.142. The standard InChI is InChI=1S/C22H43N7O5S2/c1-13(2)12-17(29-18(30)14(23)6-5-9-26-22(24)25)20(32)27-15(7-10-35-3)19(31)28-16(21(33)34)8-11-36-4/h13-17H,5-12,23H2,1-4H3,(H,27,32)(H,28,31)(H,29,30)(H,33,34)(H4,24,25,26). The van der Waals surface area contributed by atoms with Gasteiger partial charge in [-0.25, -0.2) is 4.79 Å². The van der Waals surface area contributed by atoms with Gasteiger partial charge in [-0.05, 0) is 62.0 Å². The number of amides is 3. The molecule has 3 amide bonds. The number of carboxylic acid groups (broad SMARTS) is 1. The summed E-state index contributed by atoms with van der Waals surface area (Å²) in [5.41, 5.74) is 16.5. The van der Waals surface area contributed by atoms with Crippen molar-refractivity contribution in [3.63, 3.8) is 0 Å². The predicted molar refractivity (Wildman–Crippen MR) is 147 cm³/mol. The van der Waals surface area contributed by atoms with Gasteiger partial charge >= 0.3 is 5.97 Å². The van der Waals surface area contributed by atoms with E-state index in [2.05, 4.69) is 20.9 Å². The summed E-state index contributed by atoms with van der Waals surface area (Å²) in [6.07, 6.45) is 5.43. The molecule has 0 heterocycles. The molecule has 0 fully saturated rings. The molecule has 14 heteroatoms. The molecule has 0 aromatic heterocycles. The van der Waals surface area contributed by atoms with E-state index in [1.165, 1.54) is 23.5 Å². The van der Waals surface area contributed by atoms with Crippen LogP contribution in [0.5, 0.6) is 0 Å². The van der Waals surface area contributed by atoms with E-state index in [1.54, 1.807) is 0 Å². The Labute approximate surface area is 222 Å². The lowest BCUT2D eigenvalue weighted by Crippen LogP contribution is -2.57. The van der Waals surface area contributed by atoms with Gasteiger partial charge in [-0.1, -0.05) is 13.8 Å². The number of nitrogens with two attached hydrogens (primary N) is 3. The van der Waals surface area contributed by atoms with Crippen LogP contribution in [-0.2, 0) is 19.2 Å². The number of nitrogens with zero attached hydrogens (tertiary/aromatic N) is 1. The van der Waals surface area contributed by atoms with Crippen LogP contribution in [0.25, 0.3) is 0 Å². The number of aliphatic imine (C=N–C) groups is 1. The minimum absolute atomic E-state index is 0.0410. The fourth-order valence-corrected chi connectivity index (χ4v) is 4.12. The van der Waals surface area contributed by atoms with Gasteiger partial charge in [-0.3, -0.25) is 19.4 Å². The molecular weight excluding hydrogens is 506 g/mol. The first-order valence-electron chi connectivity index (χ1n) is 11.9. The summed E-state index contributed by atoms with van der Waals surface area (Å²) in [4.78, 5) is 54.0. The van der Waals surface area contributed by atoms with E-state index in [0.29, 0.717) is 43.7 Å². The molecule has 0 spiro atoms. The summed E-state index contributed by atoms with van der Waals surface area (Å²) in [5, 5.41) is 17.4. The maximum Gasteiger partial charge on any atom is 0.326 e. The molecule has 208 valence electrons. The molecule has 36 heavy (non-hydrogen) atoms. The third kappa shape index (κ3) is 15.0. The topological polar surface area (TPSA) is 215 Å². The number of hydrogen-bond acceptors (Lipinski definition) is 8. The van der Waals surface area contributed by atoms with Crippen LogP contribution in [0, 0.1) is 5.92 Å². The molecule has 0 aromatic rings. The normalized spacial score (nSPS) is 14.3. The van der Waals surface area contributed by atoms with E-state index < -0.39 is 47.9 Å². The van der Waals surface area contributed by atoms with Gasteiger partial charge in [-0.15, -0.1) is 0 Å². The summed E-state index contributed by atoms with van der Waals surface area (Å²) >= 11 is 2.97. The summed E-state index contributed by atoms with van der Waals surface area (Å²) in [6.45, 7) is 4.14. The summed E-state index contributed by atoms with van der Waals surface area (Å²) in [7, 11) is 0. The van der Waals surface area contributed by atoms with Gasteiger partial charge in [0.05, 0.1) is 6.04 Å². The number of carbonyl (C=O) groups excluding carboxylic acids is 3. The highest BCUT2D eigenvalue weighted by atomic mass is 32.2. The van der Waals surface area contributed by atoms with Crippen LogP contribution < -0.4 is 33.2 Å². The molecular formula is C22H43N7O5S2. The van der Waals surface area contributed by atoms with Crippen LogP contribution >= 0.6 is 23.5 Å². The number of nitrogens with one attached hydrogen (secondary N) is 3. The van der Waals surface area contributed by atoms with Crippen molar-refractivity contribution in [2.75, 3.05) is 30.6 Å². The Bertz CT molecular complexity index is 736. The average Bonchev–Trinajstić information content (AvgIpc) is 2.80. The molecule has 0 saturated carbocycles. The SMILES string of the molecule is CSCCC(NC(=O)C(CCSC)NC(=O)C(CC(C)C)NC(=O)C(N)CCCN=C(N)N)C(=O)O. The van der Waals surface area contributed by atoms with Gasteiger partial charge in [0.2, 0.25) is 17.7 Å². The second kappa shape index (κ2) is 19.0. The molecule has 0 bridgehead atoms. The lowest BCUT2D eigenvalue weighted by atomic mass is 10.0. The van der Waals surface area contributed by atoms with Crippen molar-refractivity contribution >= 4 is 53.2 Å². The number of aliphatic carboxylic acids is 1. The lowest BCUT2D eigenvalue weighted by Gasteiger charge is -2.26. The second-order valence-electron chi connectivity index (χ2n) is 8.77. The second-order valence-corrected chi connectivity index (χ2v) is 10.7. The quantitative estimate of drug-likeness (QED) is 0.0620. The van der Waals surface area contributed by atoms with Crippen LogP contribution in [-0.4, -0.2) is 89.5 Å². The molecule has 0 aliphatic carbocycles. The zero-order chi connectivity index (χ0) is 27.7. The molecule has 4 atom stereocenters. The summed E-state index contributed by atoms with van der Waals surface area (Å²) in [5.74, 6) is -1.56. The molecule has 0 saturated heterocycles. The monoisotopic (exact) mass is 549 g/mol. The summed E-state index contributed by atoms with van der Waals surface area (Å²) in [6, 6.07) is -3.76. The van der Waals surface area contributed by atoms with Crippen molar-refractivity contribution in [3.05, 3.63) is 0 Å². The minimum atomic E-state index is -1.13. The van der Waals surface area contributed by atoms with Gasteiger partial charge < -0.3 is 38.3 Å². The van der Waals surface area contributed by atoms with Crippen molar-refractivity contribution in [2.45, 2.75) is 70.1 Å². The van der Waals surface area contributed by atoms with E-state index in [0.717, 1.165) is 0 Å². The Morgan fingerprint density at radius 1 is 0.833 bits per heavy atom. The minimum Gasteiger partial charge on any atom is -0.480 e. The van der Waals surface area contributed by atoms with E-state index >= 15 is 0 Å². The van der Waals surface area contributed by atoms with Crippen molar-refractivity contribution in [1.29, 1.82) is 0 Å². The zero-order valence-corrected chi connectivity index (χ0v) is 23.3. The van der Waals surface area contributed by atoms with E-state index in [-0.39, 0.29) is 18.3 Å². The fourth-order valence-electron chi connectivity index (χ4n) is 3.17. The van der Waals surface area contributed by atoms with E-state index in [4.69, 9.17) is 17.2 Å². The first-order valence-corrected chi connectivity index (χ1v) is 14.6. The first kappa shape index (κ1) is 33.8. The van der Waals surface area contributed by atoms with Gasteiger partial charge in [0.15, 0.2) is 5.96 Å². The van der Waals surface area contributed by atoms with Crippen molar-refractivity contribution < 1.29 is 24.3 Å². The average molecular weight is 550 g/mol. The highest BCUT2D eigenvalue weighted by Gasteiger charge is 2.30. The smallest absolute Gasteiger partial charge is 0.326 e. The Morgan fingerprint density at radius 3 is 1.83 bits per heavy atom. The summed E-state index contributed by atoms with van der Waals surface area (Å²) < 4.78 is 0. The largest absolute Gasteiger partial charge is 0.480 e. The number of guanidine groups is 1. The highest BCUT2D eigenvalue weighted by molar-refractivity contribution is 7.98. The van der Waals surface area contributed by atoms with Gasteiger partial charge in [0.1, 0.15) is 18.1 Å². The predicted octanol–water partition coefficient (Wildman–Crippen LogP) is -0.541. The Kier molecular flexibility index (Phi) is 17.8. The van der Waals surface area contributed by atoms with Gasteiger partial charge in [0, 0.05) is 6.54 Å². The van der Waals surface area contributed by atoms with E-state index in [1.807, 2.05) is 26.4 Å². The molecule has 0 rings (SSSR count). The number of carboxylic acids is 1. The van der Waals surface area contributed by atoms with Crippen LogP contribution in [0.1, 0.15) is 46.0 Å². The highest BCUT2D eigenvalue weighted by Crippen LogP contribution is 2.09. The number of carbonyl (C=O) groups is 4. The third-order valence-corrected chi connectivity index (χ3v) is 6.40. The third-order valence-electron chi connectivity index (χ3n) is 5.11. The molecule has 0 aliphatic rings. The van der Waals surface area contributed by atoms with Crippen LogP contribution in [0.3, 0.4) is 0 Å². The van der Waals surface area contributed by atoms with Crippen LogP contribution in [0.15, 0.2) is 4.99 Å².